The molecule has 1 atom stereocenters. The van der Waals surface area contributed by atoms with Crippen molar-refractivity contribution in [2.24, 2.45) is 11.3 Å². The number of nitrogens with zero attached hydrogens (tertiary/aromatic N) is 1. The van der Waals surface area contributed by atoms with E-state index in [0.717, 1.165) is 6.54 Å². The van der Waals surface area contributed by atoms with Crippen molar-refractivity contribution in [1.29, 1.82) is 0 Å². The van der Waals surface area contributed by atoms with Crippen LogP contribution in [0, 0.1) is 11.3 Å². The summed E-state index contributed by atoms with van der Waals surface area (Å²) >= 11 is 0. The van der Waals surface area contributed by atoms with Crippen LogP contribution in [0.3, 0.4) is 0 Å². The Hall–Kier alpha value is -0.860. The van der Waals surface area contributed by atoms with Crippen molar-refractivity contribution in [2.75, 3.05) is 13.1 Å². The molecule has 0 aromatic rings. The third-order valence-electron chi connectivity index (χ3n) is 2.58. The molecule has 1 unspecified atom stereocenters. The fraction of sp³-hybridized carbons (Fsp3) is 0.818. The highest BCUT2D eigenvalue weighted by atomic mass is 16.2. The number of rotatable bonds is 2. The summed E-state index contributed by atoms with van der Waals surface area (Å²) < 4.78 is 0. The molecule has 0 saturated carbocycles. The zero-order valence-electron chi connectivity index (χ0n) is 9.46. The minimum absolute atomic E-state index is 0.120. The number of amides is 1. The third kappa shape index (κ3) is 2.56. The molecule has 1 fully saturated rings. The lowest BCUT2D eigenvalue weighted by Gasteiger charge is -2.22. The average molecular weight is 197 g/mol. The van der Waals surface area contributed by atoms with Crippen molar-refractivity contribution >= 4 is 11.7 Å². The zero-order valence-corrected chi connectivity index (χ0v) is 9.46. The number of hydrogen-bond donors (Lipinski definition) is 0. The van der Waals surface area contributed by atoms with Gasteiger partial charge in [-0.05, 0) is 5.92 Å². The summed E-state index contributed by atoms with van der Waals surface area (Å²) in [5.74, 6) is 0.658. The average Bonchev–Trinajstić information content (AvgIpc) is 2.28. The molecule has 1 amide bonds. The first-order valence-electron chi connectivity index (χ1n) is 5.12. The van der Waals surface area contributed by atoms with Crippen LogP contribution < -0.4 is 0 Å². The van der Waals surface area contributed by atoms with Crippen molar-refractivity contribution in [3.05, 3.63) is 0 Å². The highest BCUT2D eigenvalue weighted by Crippen LogP contribution is 2.20. The second-order valence-electron chi connectivity index (χ2n) is 5.26. The lowest BCUT2D eigenvalue weighted by atomic mass is 9.90. The van der Waals surface area contributed by atoms with Gasteiger partial charge in [0.1, 0.15) is 0 Å². The van der Waals surface area contributed by atoms with Gasteiger partial charge in [0.25, 0.3) is 0 Å². The van der Waals surface area contributed by atoms with E-state index in [4.69, 9.17) is 0 Å². The van der Waals surface area contributed by atoms with Crippen molar-refractivity contribution in [3.63, 3.8) is 0 Å². The molecule has 1 aliphatic heterocycles. The Morgan fingerprint density at radius 3 is 2.43 bits per heavy atom. The molecule has 0 aliphatic carbocycles. The molecule has 0 aromatic heterocycles. The molecule has 0 spiro atoms. The Balaban J connectivity index is 2.54. The Labute approximate surface area is 85.5 Å². The minimum atomic E-state index is -0.341. The summed E-state index contributed by atoms with van der Waals surface area (Å²) in [5, 5.41) is 0. The molecular formula is C11H19NO2. The molecule has 3 heteroatoms. The summed E-state index contributed by atoms with van der Waals surface area (Å²) in [5.41, 5.74) is -0.341. The number of likely N-dealkylation sites (tertiary alicyclic amines) is 1. The van der Waals surface area contributed by atoms with Gasteiger partial charge in [0.2, 0.25) is 5.91 Å². The van der Waals surface area contributed by atoms with Gasteiger partial charge in [0.15, 0.2) is 5.78 Å². The summed E-state index contributed by atoms with van der Waals surface area (Å²) in [6.07, 6.45) is 0.595. The van der Waals surface area contributed by atoms with Gasteiger partial charge >= 0.3 is 0 Å². The Morgan fingerprint density at radius 2 is 2.07 bits per heavy atom. The summed E-state index contributed by atoms with van der Waals surface area (Å²) in [6.45, 7) is 8.73. The Kier molecular flexibility index (Phi) is 2.98. The summed E-state index contributed by atoms with van der Waals surface area (Å²) in [7, 11) is 0. The number of Topliss-reactive ketones (excluding diaryl/α,β-unsaturated/α-hetero) is 1. The van der Waals surface area contributed by atoms with Crippen molar-refractivity contribution in [1.82, 2.24) is 4.90 Å². The predicted octanol–water partition coefficient (Wildman–Crippen LogP) is 1.47. The highest BCUT2D eigenvalue weighted by molar-refractivity contribution is 5.90. The quantitative estimate of drug-likeness (QED) is 0.672. The second-order valence-corrected chi connectivity index (χ2v) is 5.26. The second kappa shape index (κ2) is 3.71. The number of carbonyl (C=O) groups excluding carboxylic acids is 2. The van der Waals surface area contributed by atoms with E-state index in [-0.39, 0.29) is 23.7 Å². The lowest BCUT2D eigenvalue weighted by molar-refractivity contribution is -0.135. The van der Waals surface area contributed by atoms with Gasteiger partial charge in [0, 0.05) is 18.4 Å². The first kappa shape index (κ1) is 11.2. The molecule has 3 nitrogen and oxygen atoms in total. The van der Waals surface area contributed by atoms with Gasteiger partial charge in [-0.15, -0.1) is 0 Å². The summed E-state index contributed by atoms with van der Waals surface area (Å²) in [6, 6.07) is 0. The topological polar surface area (TPSA) is 37.4 Å². The van der Waals surface area contributed by atoms with Crippen molar-refractivity contribution in [3.8, 4) is 0 Å². The van der Waals surface area contributed by atoms with Crippen LogP contribution in [-0.4, -0.2) is 29.7 Å². The van der Waals surface area contributed by atoms with Crippen LogP contribution >= 0.6 is 0 Å². The Morgan fingerprint density at radius 1 is 1.50 bits per heavy atom. The monoisotopic (exact) mass is 197 g/mol. The fourth-order valence-electron chi connectivity index (χ4n) is 1.53. The molecule has 1 heterocycles. The van der Waals surface area contributed by atoms with E-state index in [2.05, 4.69) is 0 Å². The van der Waals surface area contributed by atoms with Crippen molar-refractivity contribution in [2.45, 2.75) is 34.1 Å². The lowest BCUT2D eigenvalue weighted by Crippen LogP contribution is -2.36. The number of carbonyl (C=O) groups is 2. The molecule has 1 saturated heterocycles. The minimum Gasteiger partial charge on any atom is -0.335 e. The van der Waals surface area contributed by atoms with Gasteiger partial charge < -0.3 is 4.90 Å². The van der Waals surface area contributed by atoms with E-state index >= 15 is 0 Å². The maximum Gasteiger partial charge on any atom is 0.223 e. The normalized spacial score (nSPS) is 23.0. The van der Waals surface area contributed by atoms with Gasteiger partial charge in [-0.1, -0.05) is 27.7 Å². The fourth-order valence-corrected chi connectivity index (χ4v) is 1.53. The molecule has 0 aromatic carbocycles. The SMILES string of the molecule is CC1CC(=O)N(CC(=O)C(C)(C)C)C1. The van der Waals surface area contributed by atoms with Crippen LogP contribution in [-0.2, 0) is 9.59 Å². The Bertz CT molecular complexity index is 253. The van der Waals surface area contributed by atoms with Crippen LogP contribution in [0.25, 0.3) is 0 Å². The molecule has 0 bridgehead atoms. The molecule has 0 radical (unpaired) electrons. The molecule has 1 rings (SSSR count). The maximum absolute atomic E-state index is 11.7. The van der Waals surface area contributed by atoms with Crippen LogP contribution in [0.2, 0.25) is 0 Å². The van der Waals surface area contributed by atoms with E-state index in [0.29, 0.717) is 12.3 Å². The molecule has 14 heavy (non-hydrogen) atoms. The van der Waals surface area contributed by atoms with Gasteiger partial charge in [-0.2, -0.15) is 0 Å². The van der Waals surface area contributed by atoms with E-state index < -0.39 is 0 Å². The van der Waals surface area contributed by atoms with E-state index in [9.17, 15) is 9.59 Å². The molecule has 80 valence electrons. The van der Waals surface area contributed by atoms with E-state index in [1.54, 1.807) is 4.90 Å². The largest absolute Gasteiger partial charge is 0.335 e. The first-order valence-corrected chi connectivity index (χ1v) is 5.12. The molecular weight excluding hydrogens is 178 g/mol. The summed E-state index contributed by atoms with van der Waals surface area (Å²) in [4.78, 5) is 24.8. The predicted molar refractivity (Wildman–Crippen MR) is 54.8 cm³/mol. The third-order valence-corrected chi connectivity index (χ3v) is 2.58. The van der Waals surface area contributed by atoms with Crippen LogP contribution in [0.15, 0.2) is 0 Å². The first-order chi connectivity index (χ1) is 6.30. The van der Waals surface area contributed by atoms with E-state index in [1.165, 1.54) is 0 Å². The van der Waals surface area contributed by atoms with Crippen LogP contribution in [0.5, 0.6) is 0 Å². The van der Waals surface area contributed by atoms with E-state index in [1.807, 2.05) is 27.7 Å². The molecule has 1 aliphatic rings. The van der Waals surface area contributed by atoms with Crippen LogP contribution in [0.4, 0.5) is 0 Å². The van der Waals surface area contributed by atoms with Gasteiger partial charge in [-0.3, -0.25) is 9.59 Å². The van der Waals surface area contributed by atoms with Crippen LogP contribution in [0.1, 0.15) is 34.1 Å². The zero-order chi connectivity index (χ0) is 10.9. The number of hydrogen-bond acceptors (Lipinski definition) is 2. The maximum atomic E-state index is 11.7. The number of ketones is 1. The van der Waals surface area contributed by atoms with Crippen molar-refractivity contribution < 1.29 is 9.59 Å². The van der Waals surface area contributed by atoms with Gasteiger partial charge in [0.05, 0.1) is 6.54 Å². The molecule has 0 N–H and O–H groups in total. The highest BCUT2D eigenvalue weighted by Gasteiger charge is 2.31. The smallest absolute Gasteiger partial charge is 0.223 e. The standard InChI is InChI=1S/C11H19NO2/c1-8-5-10(14)12(6-8)7-9(13)11(2,3)4/h8H,5-7H2,1-4H3. The van der Waals surface area contributed by atoms with Gasteiger partial charge in [-0.25, -0.2) is 0 Å².